The average Bonchev–Trinajstić information content (AvgIpc) is 3.18. The number of hydrogen-bond acceptors (Lipinski definition) is 5. The normalized spacial score (nSPS) is 7.09. The summed E-state index contributed by atoms with van der Waals surface area (Å²) in [6.07, 6.45) is 0. The molecule has 0 amide bonds. The second-order valence-corrected chi connectivity index (χ2v) is 9.00. The smallest absolute Gasteiger partial charge is 0.378 e. The van der Waals surface area contributed by atoms with Crippen LogP contribution in [0.4, 0.5) is 0 Å². The van der Waals surface area contributed by atoms with Crippen molar-refractivity contribution in [3.63, 3.8) is 0 Å². The fourth-order valence-corrected chi connectivity index (χ4v) is 2.93. The molecule has 0 atom stereocenters. The van der Waals surface area contributed by atoms with E-state index >= 15 is 0 Å². The molecule has 0 aliphatic carbocycles. The van der Waals surface area contributed by atoms with Gasteiger partial charge in [-0.1, -0.05) is 109 Å². The van der Waals surface area contributed by atoms with Gasteiger partial charge in [-0.05, 0) is 76.3 Å². The molecule has 0 aromatic heterocycles. The Bertz CT molecular complexity index is 1160. The van der Waals surface area contributed by atoms with Gasteiger partial charge in [-0.2, -0.15) is 49.2 Å². The van der Waals surface area contributed by atoms with Crippen molar-refractivity contribution in [2.75, 3.05) is 7.11 Å². The largest absolute Gasteiger partial charge is 0.540 e. The van der Waals surface area contributed by atoms with Crippen LogP contribution in [-0.4, -0.2) is 35.1 Å². The Kier molecular flexibility index (Phi) is 90.3. The van der Waals surface area contributed by atoms with E-state index in [1.165, 1.54) is 41.7 Å². The number of rotatable bonds is 3. The number of carbonyl (C=O) groups is 2. The van der Waals surface area contributed by atoms with Crippen LogP contribution in [0.15, 0.2) is 85.0 Å². The molecule has 5 nitrogen and oxygen atoms in total. The Hall–Kier alpha value is -2.04. The van der Waals surface area contributed by atoms with E-state index in [1.807, 2.05) is 130 Å². The average molecular weight is 913 g/mol. The van der Waals surface area contributed by atoms with E-state index < -0.39 is 11.9 Å². The summed E-state index contributed by atoms with van der Waals surface area (Å²) >= 11 is 0. The minimum Gasteiger partial charge on any atom is -0.540 e. The Labute approximate surface area is 396 Å². The van der Waals surface area contributed by atoms with Crippen molar-refractivity contribution in [2.45, 2.75) is 133 Å². The third-order valence-electron chi connectivity index (χ3n) is 5.73. The van der Waals surface area contributed by atoms with Gasteiger partial charge in [0.05, 0.1) is 7.11 Å². The molecule has 0 N–H and O–H groups in total. The van der Waals surface area contributed by atoms with Gasteiger partial charge in [0.1, 0.15) is 5.75 Å². The number of benzene rings is 3. The van der Waals surface area contributed by atoms with Gasteiger partial charge in [0.15, 0.2) is 0 Å². The third kappa shape index (κ3) is 48.0. The van der Waals surface area contributed by atoms with Gasteiger partial charge in [-0.15, -0.1) is 24.3 Å². The van der Waals surface area contributed by atoms with Gasteiger partial charge in [-0.25, -0.2) is 9.59 Å². The second kappa shape index (κ2) is 61.2. The Morgan fingerprint density at radius 1 is 0.509 bits per heavy atom. The van der Waals surface area contributed by atoms with Gasteiger partial charge in [0, 0.05) is 76.6 Å². The topological polar surface area (TPSA) is 61.8 Å². The first kappa shape index (κ1) is 81.2. The maximum Gasteiger partial charge on any atom is 0.378 e. The second-order valence-electron chi connectivity index (χ2n) is 9.00. The fraction of sp³-hybridized carbons (Fsp3) is 0.435. The Morgan fingerprint density at radius 2 is 0.709 bits per heavy atom. The van der Waals surface area contributed by atoms with Gasteiger partial charge in [0.2, 0.25) is 0 Å². The van der Waals surface area contributed by atoms with Crippen LogP contribution >= 0.6 is 0 Å². The van der Waals surface area contributed by atoms with E-state index in [0.717, 1.165) is 16.9 Å². The zero-order valence-corrected chi connectivity index (χ0v) is 42.6. The van der Waals surface area contributed by atoms with Crippen molar-refractivity contribution >= 4 is 28.0 Å². The van der Waals surface area contributed by atoms with Gasteiger partial charge >= 0.3 is 28.0 Å². The first-order valence-corrected chi connectivity index (χ1v) is 17.6. The number of hydrogen-bond donors (Lipinski definition) is 0. The molecule has 0 heterocycles. The third-order valence-corrected chi connectivity index (χ3v) is 5.73. The molecular formula is C46H80B2O5Y2-2. The van der Waals surface area contributed by atoms with Gasteiger partial charge < -0.3 is 14.0 Å². The molecule has 0 fully saturated rings. The number of methoxy groups -OCH3 is 1. The fourth-order valence-electron chi connectivity index (χ4n) is 2.93. The summed E-state index contributed by atoms with van der Waals surface area (Å²) in [7, 11) is 10.7. The molecule has 308 valence electrons. The molecule has 0 bridgehead atoms. The van der Waals surface area contributed by atoms with Gasteiger partial charge in [-0.3, -0.25) is 0 Å². The van der Waals surface area contributed by atoms with Crippen LogP contribution in [0.2, 0.25) is 0 Å². The predicted molar refractivity (Wildman–Crippen MR) is 242 cm³/mol. The SMILES string of the molecule is C.C.CC.CC.CC.CC.CC.COc1c(C)c(C)c(C)c(C)c1C.[B]OC(=O)C(=C)C.[B]OC(=O)C(=C)C.[CH2-]c1ccccc1.[CH2-]c1ccccc1.[Y].[Y]. The van der Waals surface area contributed by atoms with Crippen molar-refractivity contribution in [3.05, 3.63) is 138 Å². The molecule has 0 saturated carbocycles. The molecule has 3 rings (SSSR count). The molecule has 6 radical (unpaired) electrons. The molecule has 0 aliphatic heterocycles. The van der Waals surface area contributed by atoms with Crippen LogP contribution < -0.4 is 4.74 Å². The monoisotopic (exact) mass is 912 g/mol. The Morgan fingerprint density at radius 3 is 0.818 bits per heavy atom. The van der Waals surface area contributed by atoms with Crippen LogP contribution in [0, 0.1) is 48.5 Å². The molecule has 0 spiro atoms. The molecule has 3 aromatic rings. The zero-order valence-electron chi connectivity index (χ0n) is 37.0. The summed E-state index contributed by atoms with van der Waals surface area (Å²) in [5, 5.41) is 0. The van der Waals surface area contributed by atoms with Crippen molar-refractivity contribution in [1.29, 1.82) is 0 Å². The van der Waals surface area contributed by atoms with Crippen molar-refractivity contribution in [1.82, 2.24) is 0 Å². The van der Waals surface area contributed by atoms with Crippen LogP contribution in [0.1, 0.15) is 137 Å². The van der Waals surface area contributed by atoms with Crippen LogP contribution in [0.25, 0.3) is 0 Å². The van der Waals surface area contributed by atoms with Crippen LogP contribution in [0.5, 0.6) is 5.75 Å². The summed E-state index contributed by atoms with van der Waals surface area (Å²) in [5.41, 5.74) is 9.37. The molecule has 0 unspecified atom stereocenters. The van der Waals surface area contributed by atoms with E-state index in [4.69, 9.17) is 4.74 Å². The van der Waals surface area contributed by atoms with E-state index in [1.54, 1.807) is 7.11 Å². The summed E-state index contributed by atoms with van der Waals surface area (Å²) in [6.45, 7) is 47.7. The summed E-state index contributed by atoms with van der Waals surface area (Å²) in [5.74, 6) is -0.0967. The molecule has 3 aromatic carbocycles. The van der Waals surface area contributed by atoms with E-state index in [0.29, 0.717) is 11.1 Å². The molecule has 55 heavy (non-hydrogen) atoms. The van der Waals surface area contributed by atoms with Gasteiger partial charge in [0.25, 0.3) is 0 Å². The number of carbonyl (C=O) groups excluding carboxylic acids is 2. The summed E-state index contributed by atoms with van der Waals surface area (Å²) in [6, 6.07) is 19.7. The van der Waals surface area contributed by atoms with Crippen molar-refractivity contribution < 1.29 is 89.1 Å². The van der Waals surface area contributed by atoms with Crippen molar-refractivity contribution in [3.8, 4) is 5.75 Å². The predicted octanol–water partition coefficient (Wildman–Crippen LogP) is 13.8. The molecule has 0 aliphatic rings. The quantitative estimate of drug-likeness (QED) is 0.149. The first-order valence-electron chi connectivity index (χ1n) is 17.6. The summed E-state index contributed by atoms with van der Waals surface area (Å²) in [4.78, 5) is 20.1. The summed E-state index contributed by atoms with van der Waals surface area (Å²) < 4.78 is 12.9. The minimum atomic E-state index is -0.569. The van der Waals surface area contributed by atoms with E-state index in [9.17, 15) is 9.59 Å². The Balaban J connectivity index is -0.0000000462. The van der Waals surface area contributed by atoms with E-state index in [-0.39, 0.29) is 80.3 Å². The maximum atomic E-state index is 10.1. The molecule has 0 saturated heterocycles. The number of ether oxygens (including phenoxy) is 1. The van der Waals surface area contributed by atoms with Crippen molar-refractivity contribution in [2.24, 2.45) is 0 Å². The zero-order chi connectivity index (χ0) is 42.1. The van der Waals surface area contributed by atoms with Crippen LogP contribution in [0.3, 0.4) is 0 Å². The maximum absolute atomic E-state index is 10.1. The first-order chi connectivity index (χ1) is 24.2. The minimum absolute atomic E-state index is 0. The molecule has 9 heteroatoms. The van der Waals surface area contributed by atoms with E-state index in [2.05, 4.69) is 87.0 Å². The van der Waals surface area contributed by atoms with Crippen LogP contribution in [-0.2, 0) is 84.3 Å². The standard InChI is InChI=1S/C12H18O.2C7H7.2C4H5BO2.5C2H6.2CH4.2Y/c1-7-8(2)10(4)12(13-6)11(5)9(7)3;2*1-7-5-3-2-4-6-7;2*1-3(2)4(6)7-5;5*1-2;;;;/h1-6H3;2*2-6H,1H2;2*1H2,2H3;5*1-2H3;2*1H4;;/q;2*-1;;;;;;;;;;;. The molecular weight excluding hydrogens is 832 g/mol.